The Labute approximate surface area is 102 Å². The van der Waals surface area contributed by atoms with Crippen molar-refractivity contribution in [3.8, 4) is 0 Å². The first kappa shape index (κ1) is 11.7. The first-order valence-electron chi connectivity index (χ1n) is 5.94. The average molecular weight is 229 g/mol. The third-order valence-electron chi connectivity index (χ3n) is 3.13. The van der Waals surface area contributed by atoms with Crippen LogP contribution in [0.25, 0.3) is 17.0 Å². The SMILES string of the molecule is CCn1c(C)c(/C=C\CN)c2ccc(N)cc21. The van der Waals surface area contributed by atoms with Crippen LogP contribution < -0.4 is 11.5 Å². The van der Waals surface area contributed by atoms with Crippen molar-refractivity contribution in [1.29, 1.82) is 0 Å². The van der Waals surface area contributed by atoms with Gasteiger partial charge in [0.15, 0.2) is 0 Å². The molecule has 90 valence electrons. The number of rotatable bonds is 3. The molecule has 0 atom stereocenters. The van der Waals surface area contributed by atoms with E-state index >= 15 is 0 Å². The van der Waals surface area contributed by atoms with Gasteiger partial charge in [-0.25, -0.2) is 0 Å². The van der Waals surface area contributed by atoms with Gasteiger partial charge in [0, 0.05) is 35.4 Å². The van der Waals surface area contributed by atoms with E-state index in [1.54, 1.807) is 0 Å². The van der Waals surface area contributed by atoms with Crippen LogP contribution in [0.2, 0.25) is 0 Å². The number of anilines is 1. The van der Waals surface area contributed by atoms with Crippen LogP contribution in [-0.4, -0.2) is 11.1 Å². The summed E-state index contributed by atoms with van der Waals surface area (Å²) >= 11 is 0. The zero-order chi connectivity index (χ0) is 12.4. The average Bonchev–Trinajstić information content (AvgIpc) is 2.57. The maximum Gasteiger partial charge on any atom is 0.0509 e. The first-order chi connectivity index (χ1) is 8.19. The second kappa shape index (κ2) is 4.63. The lowest BCUT2D eigenvalue weighted by molar-refractivity contribution is 0.769. The molecule has 0 aliphatic heterocycles. The summed E-state index contributed by atoms with van der Waals surface area (Å²) in [5.74, 6) is 0. The number of hydrogen-bond acceptors (Lipinski definition) is 2. The molecule has 0 bridgehead atoms. The second-order valence-electron chi connectivity index (χ2n) is 4.16. The van der Waals surface area contributed by atoms with Crippen molar-refractivity contribution in [2.75, 3.05) is 12.3 Å². The van der Waals surface area contributed by atoms with Gasteiger partial charge in [-0.1, -0.05) is 18.2 Å². The topological polar surface area (TPSA) is 57.0 Å². The first-order valence-corrected chi connectivity index (χ1v) is 5.94. The summed E-state index contributed by atoms with van der Waals surface area (Å²) in [6, 6.07) is 6.06. The second-order valence-corrected chi connectivity index (χ2v) is 4.16. The number of nitrogens with zero attached hydrogens (tertiary/aromatic N) is 1. The molecule has 2 aromatic rings. The Morgan fingerprint density at radius 3 is 2.76 bits per heavy atom. The van der Waals surface area contributed by atoms with Gasteiger partial charge in [0.05, 0.1) is 5.52 Å². The summed E-state index contributed by atoms with van der Waals surface area (Å²) in [6.45, 7) is 5.79. The van der Waals surface area contributed by atoms with Gasteiger partial charge in [0.25, 0.3) is 0 Å². The quantitative estimate of drug-likeness (QED) is 0.795. The van der Waals surface area contributed by atoms with Crippen molar-refractivity contribution in [1.82, 2.24) is 4.57 Å². The molecule has 1 aromatic carbocycles. The smallest absolute Gasteiger partial charge is 0.0509 e. The molecule has 1 heterocycles. The van der Waals surface area contributed by atoms with Crippen LogP contribution in [0, 0.1) is 6.92 Å². The Morgan fingerprint density at radius 1 is 1.35 bits per heavy atom. The minimum atomic E-state index is 0.563. The lowest BCUT2D eigenvalue weighted by Gasteiger charge is -2.04. The summed E-state index contributed by atoms with van der Waals surface area (Å²) in [5.41, 5.74) is 15.9. The molecular formula is C14H19N3. The standard InChI is InChI=1S/C14H19N3/c1-3-17-10(2)12(5-4-8-15)13-7-6-11(16)9-14(13)17/h4-7,9H,3,8,15-16H2,1-2H3/b5-4-. The third kappa shape index (κ3) is 1.94. The van der Waals surface area contributed by atoms with E-state index in [-0.39, 0.29) is 0 Å². The maximum atomic E-state index is 5.86. The van der Waals surface area contributed by atoms with Gasteiger partial charge in [-0.05, 0) is 26.0 Å². The Bertz CT molecular complexity index is 564. The van der Waals surface area contributed by atoms with E-state index in [9.17, 15) is 0 Å². The van der Waals surface area contributed by atoms with E-state index in [0.717, 1.165) is 12.2 Å². The van der Waals surface area contributed by atoms with Crippen molar-refractivity contribution < 1.29 is 0 Å². The third-order valence-corrected chi connectivity index (χ3v) is 3.13. The molecule has 0 saturated heterocycles. The molecule has 0 saturated carbocycles. The molecule has 0 aliphatic rings. The number of fused-ring (bicyclic) bond motifs is 1. The number of nitrogen functional groups attached to an aromatic ring is 1. The normalized spacial score (nSPS) is 11.7. The number of nitrogens with two attached hydrogens (primary N) is 2. The zero-order valence-corrected chi connectivity index (χ0v) is 10.4. The fraction of sp³-hybridized carbons (Fsp3) is 0.286. The molecule has 0 unspecified atom stereocenters. The van der Waals surface area contributed by atoms with Gasteiger partial charge >= 0.3 is 0 Å². The van der Waals surface area contributed by atoms with E-state index in [1.165, 1.54) is 22.2 Å². The van der Waals surface area contributed by atoms with Crippen LogP contribution in [0.4, 0.5) is 5.69 Å². The number of aromatic nitrogens is 1. The summed E-state index contributed by atoms with van der Waals surface area (Å²) in [4.78, 5) is 0. The highest BCUT2D eigenvalue weighted by atomic mass is 15.0. The van der Waals surface area contributed by atoms with Gasteiger partial charge in [0.1, 0.15) is 0 Å². The van der Waals surface area contributed by atoms with Crippen molar-refractivity contribution >= 4 is 22.7 Å². The van der Waals surface area contributed by atoms with Gasteiger partial charge in [0.2, 0.25) is 0 Å². The predicted octanol–water partition coefficient (Wildman–Crippen LogP) is 2.52. The van der Waals surface area contributed by atoms with Crippen molar-refractivity contribution in [3.05, 3.63) is 35.5 Å². The Hall–Kier alpha value is -1.74. The highest BCUT2D eigenvalue weighted by molar-refractivity contribution is 5.93. The highest BCUT2D eigenvalue weighted by Crippen LogP contribution is 2.28. The van der Waals surface area contributed by atoms with E-state index in [0.29, 0.717) is 6.54 Å². The minimum absolute atomic E-state index is 0.563. The molecule has 3 nitrogen and oxygen atoms in total. The molecule has 17 heavy (non-hydrogen) atoms. The Balaban J connectivity index is 2.75. The summed E-state index contributed by atoms with van der Waals surface area (Å²) in [7, 11) is 0. The van der Waals surface area contributed by atoms with Crippen molar-refractivity contribution in [3.63, 3.8) is 0 Å². The molecule has 0 fully saturated rings. The van der Waals surface area contributed by atoms with Crippen LogP contribution in [-0.2, 0) is 6.54 Å². The predicted molar refractivity (Wildman–Crippen MR) is 74.8 cm³/mol. The summed E-state index contributed by atoms with van der Waals surface area (Å²) in [6.07, 6.45) is 4.08. The molecule has 0 amide bonds. The Kier molecular flexibility index (Phi) is 3.20. The summed E-state index contributed by atoms with van der Waals surface area (Å²) < 4.78 is 2.28. The summed E-state index contributed by atoms with van der Waals surface area (Å²) in [5, 5.41) is 1.24. The molecular weight excluding hydrogens is 210 g/mol. The van der Waals surface area contributed by atoms with Crippen LogP contribution >= 0.6 is 0 Å². The van der Waals surface area contributed by atoms with Gasteiger partial charge in [-0.15, -0.1) is 0 Å². The van der Waals surface area contributed by atoms with E-state index < -0.39 is 0 Å². The van der Waals surface area contributed by atoms with Crippen LogP contribution in [0.5, 0.6) is 0 Å². The van der Waals surface area contributed by atoms with Crippen LogP contribution in [0.15, 0.2) is 24.3 Å². The largest absolute Gasteiger partial charge is 0.399 e. The highest BCUT2D eigenvalue weighted by Gasteiger charge is 2.10. The van der Waals surface area contributed by atoms with Crippen LogP contribution in [0.1, 0.15) is 18.2 Å². The van der Waals surface area contributed by atoms with Gasteiger partial charge in [-0.3, -0.25) is 0 Å². The van der Waals surface area contributed by atoms with E-state index in [2.05, 4.69) is 30.6 Å². The maximum absolute atomic E-state index is 5.86. The number of benzene rings is 1. The molecule has 1 aromatic heterocycles. The lowest BCUT2D eigenvalue weighted by Crippen LogP contribution is -1.97. The fourth-order valence-electron chi connectivity index (χ4n) is 2.32. The van der Waals surface area contributed by atoms with Crippen molar-refractivity contribution in [2.45, 2.75) is 20.4 Å². The molecule has 0 radical (unpaired) electrons. The lowest BCUT2D eigenvalue weighted by atomic mass is 10.1. The molecule has 2 rings (SSSR count). The molecule has 0 aliphatic carbocycles. The molecule has 4 N–H and O–H groups in total. The Morgan fingerprint density at radius 2 is 2.12 bits per heavy atom. The number of hydrogen-bond donors (Lipinski definition) is 2. The van der Waals surface area contributed by atoms with Gasteiger partial charge in [-0.2, -0.15) is 0 Å². The monoisotopic (exact) mass is 229 g/mol. The van der Waals surface area contributed by atoms with E-state index in [1.807, 2.05) is 18.2 Å². The zero-order valence-electron chi connectivity index (χ0n) is 10.4. The minimum Gasteiger partial charge on any atom is -0.399 e. The van der Waals surface area contributed by atoms with Crippen LogP contribution in [0.3, 0.4) is 0 Å². The van der Waals surface area contributed by atoms with Crippen molar-refractivity contribution in [2.24, 2.45) is 5.73 Å². The van der Waals surface area contributed by atoms with Gasteiger partial charge < -0.3 is 16.0 Å². The molecule has 3 heteroatoms. The fourth-order valence-corrected chi connectivity index (χ4v) is 2.32. The molecule has 0 spiro atoms. The van der Waals surface area contributed by atoms with E-state index in [4.69, 9.17) is 11.5 Å². The number of aryl methyl sites for hydroxylation is 1.